The molecular formula is C39H27N3. The summed E-state index contributed by atoms with van der Waals surface area (Å²) in [6.07, 6.45) is 0. The summed E-state index contributed by atoms with van der Waals surface area (Å²) in [7, 11) is 0. The lowest BCUT2D eigenvalue weighted by Crippen LogP contribution is -2.00. The van der Waals surface area contributed by atoms with E-state index in [0.717, 1.165) is 27.8 Å². The summed E-state index contributed by atoms with van der Waals surface area (Å²) in [4.78, 5) is 14.9. The van der Waals surface area contributed by atoms with Gasteiger partial charge in [-0.2, -0.15) is 0 Å². The second kappa shape index (κ2) is 11.4. The molecule has 3 heteroatoms. The Morgan fingerprint density at radius 3 is 1.19 bits per heavy atom. The first kappa shape index (κ1) is 25.3. The summed E-state index contributed by atoms with van der Waals surface area (Å²) < 4.78 is 0. The van der Waals surface area contributed by atoms with Crippen LogP contribution >= 0.6 is 0 Å². The Morgan fingerprint density at radius 1 is 0.238 bits per heavy atom. The van der Waals surface area contributed by atoms with Crippen molar-refractivity contribution in [2.45, 2.75) is 0 Å². The molecule has 0 radical (unpaired) electrons. The molecule has 0 saturated carbocycles. The van der Waals surface area contributed by atoms with Crippen molar-refractivity contribution < 1.29 is 0 Å². The molecule has 0 aliphatic rings. The van der Waals surface area contributed by atoms with Crippen molar-refractivity contribution in [2.75, 3.05) is 0 Å². The quantitative estimate of drug-likeness (QED) is 0.212. The summed E-state index contributed by atoms with van der Waals surface area (Å²) in [5.41, 5.74) is 9.83. The highest BCUT2D eigenvalue weighted by Crippen LogP contribution is 2.34. The highest BCUT2D eigenvalue weighted by atomic mass is 15.0. The molecule has 0 atom stereocenters. The highest BCUT2D eigenvalue weighted by Gasteiger charge is 2.14. The van der Waals surface area contributed by atoms with Crippen LogP contribution in [0.1, 0.15) is 0 Å². The Hall–Kier alpha value is -5.67. The van der Waals surface area contributed by atoms with Gasteiger partial charge in [0.25, 0.3) is 0 Å². The number of aromatic nitrogens is 3. The van der Waals surface area contributed by atoms with Crippen LogP contribution < -0.4 is 0 Å². The molecule has 0 aliphatic heterocycles. The molecule has 0 unspecified atom stereocenters. The number of nitrogens with zero attached hydrogens (tertiary/aromatic N) is 3. The van der Waals surface area contributed by atoms with Gasteiger partial charge >= 0.3 is 0 Å². The molecule has 1 heterocycles. The van der Waals surface area contributed by atoms with E-state index >= 15 is 0 Å². The Morgan fingerprint density at radius 2 is 0.595 bits per heavy atom. The van der Waals surface area contributed by atoms with Crippen LogP contribution in [0.3, 0.4) is 0 Å². The fourth-order valence-electron chi connectivity index (χ4n) is 5.22. The van der Waals surface area contributed by atoms with E-state index < -0.39 is 0 Å². The van der Waals surface area contributed by atoms with E-state index in [0.29, 0.717) is 17.5 Å². The maximum absolute atomic E-state index is 4.99. The normalized spacial score (nSPS) is 10.9. The molecule has 7 rings (SSSR count). The third-order valence-electron chi connectivity index (χ3n) is 7.36. The molecule has 0 fully saturated rings. The first-order valence-corrected chi connectivity index (χ1v) is 14.0. The fourth-order valence-corrected chi connectivity index (χ4v) is 5.22. The van der Waals surface area contributed by atoms with Gasteiger partial charge in [-0.25, -0.2) is 15.0 Å². The summed E-state index contributed by atoms with van der Waals surface area (Å²) in [6.45, 7) is 0. The van der Waals surface area contributed by atoms with E-state index in [1.54, 1.807) is 0 Å². The first-order valence-electron chi connectivity index (χ1n) is 14.0. The number of benzene rings is 6. The molecule has 1 aromatic heterocycles. The minimum absolute atomic E-state index is 0.644. The van der Waals surface area contributed by atoms with Gasteiger partial charge in [0.2, 0.25) is 0 Å². The van der Waals surface area contributed by atoms with E-state index in [1.165, 1.54) is 22.3 Å². The third-order valence-corrected chi connectivity index (χ3v) is 7.36. The van der Waals surface area contributed by atoms with Crippen LogP contribution in [0.2, 0.25) is 0 Å². The lowest BCUT2D eigenvalue weighted by atomic mass is 9.94. The average Bonchev–Trinajstić information content (AvgIpc) is 3.09. The van der Waals surface area contributed by atoms with Crippen LogP contribution in [0.15, 0.2) is 164 Å². The van der Waals surface area contributed by atoms with Gasteiger partial charge in [0.1, 0.15) is 0 Å². The van der Waals surface area contributed by atoms with E-state index in [1.807, 2.05) is 42.5 Å². The zero-order valence-corrected chi connectivity index (χ0v) is 22.9. The van der Waals surface area contributed by atoms with Crippen molar-refractivity contribution in [3.63, 3.8) is 0 Å². The second-order valence-corrected chi connectivity index (χ2v) is 10.1. The Bertz CT molecular complexity index is 1950. The molecule has 0 spiro atoms. The van der Waals surface area contributed by atoms with E-state index in [9.17, 15) is 0 Å². The van der Waals surface area contributed by atoms with Gasteiger partial charge in [-0.3, -0.25) is 0 Å². The number of hydrogen-bond acceptors (Lipinski definition) is 3. The van der Waals surface area contributed by atoms with Crippen LogP contribution in [0.25, 0.3) is 67.5 Å². The van der Waals surface area contributed by atoms with Crippen LogP contribution in [0.4, 0.5) is 0 Å². The molecule has 0 bridgehead atoms. The minimum Gasteiger partial charge on any atom is -0.208 e. The van der Waals surface area contributed by atoms with Gasteiger partial charge < -0.3 is 0 Å². The molecule has 198 valence electrons. The molecule has 0 N–H and O–H groups in total. The topological polar surface area (TPSA) is 38.7 Å². The van der Waals surface area contributed by atoms with Gasteiger partial charge in [-0.1, -0.05) is 158 Å². The standard InChI is InChI=1S/C39H27N3/c1-4-13-28(14-5-1)29-23-25-32(26-24-29)38-40-37(31-17-8-3-9-18-31)41-39(42-38)34-20-12-19-33(27-34)36-22-11-10-21-35(36)30-15-6-2-7-16-30/h1-27H. The summed E-state index contributed by atoms with van der Waals surface area (Å²) in [5, 5.41) is 0. The predicted octanol–water partition coefficient (Wildman–Crippen LogP) is 9.87. The third kappa shape index (κ3) is 5.24. The SMILES string of the molecule is c1ccc(-c2ccc(-c3nc(-c4ccccc4)nc(-c4cccc(-c5ccccc5-c5ccccc5)c4)n3)cc2)cc1. The fraction of sp³-hybridized carbons (Fsp3) is 0. The van der Waals surface area contributed by atoms with Crippen LogP contribution in [0, 0.1) is 0 Å². The first-order chi connectivity index (χ1) is 20.8. The van der Waals surface area contributed by atoms with Crippen LogP contribution in [-0.4, -0.2) is 15.0 Å². The Labute approximate surface area is 245 Å². The van der Waals surface area contributed by atoms with E-state index in [4.69, 9.17) is 15.0 Å². The van der Waals surface area contributed by atoms with Crippen LogP contribution in [0.5, 0.6) is 0 Å². The zero-order chi connectivity index (χ0) is 28.1. The highest BCUT2D eigenvalue weighted by molar-refractivity contribution is 5.85. The average molecular weight is 538 g/mol. The van der Waals surface area contributed by atoms with Gasteiger partial charge in [0.15, 0.2) is 17.5 Å². The lowest BCUT2D eigenvalue weighted by molar-refractivity contribution is 1.07. The smallest absolute Gasteiger partial charge is 0.164 e. The van der Waals surface area contributed by atoms with Crippen LogP contribution in [-0.2, 0) is 0 Å². The van der Waals surface area contributed by atoms with Gasteiger partial charge in [-0.05, 0) is 39.4 Å². The van der Waals surface area contributed by atoms with Gasteiger partial charge in [0, 0.05) is 16.7 Å². The molecule has 42 heavy (non-hydrogen) atoms. The second-order valence-electron chi connectivity index (χ2n) is 10.1. The zero-order valence-electron chi connectivity index (χ0n) is 22.9. The maximum atomic E-state index is 4.99. The van der Waals surface area contributed by atoms with Gasteiger partial charge in [0.05, 0.1) is 0 Å². The number of rotatable bonds is 6. The van der Waals surface area contributed by atoms with Crippen molar-refractivity contribution in [1.82, 2.24) is 15.0 Å². The molecule has 0 aliphatic carbocycles. The predicted molar refractivity (Wildman–Crippen MR) is 172 cm³/mol. The lowest BCUT2D eigenvalue weighted by Gasteiger charge is -2.12. The largest absolute Gasteiger partial charge is 0.208 e. The monoisotopic (exact) mass is 537 g/mol. The van der Waals surface area contributed by atoms with Crippen molar-refractivity contribution in [3.8, 4) is 67.5 Å². The van der Waals surface area contributed by atoms with Crippen molar-refractivity contribution in [1.29, 1.82) is 0 Å². The molecule has 0 saturated heterocycles. The Kier molecular flexibility index (Phi) is 6.89. The molecule has 7 aromatic rings. The van der Waals surface area contributed by atoms with Gasteiger partial charge in [-0.15, -0.1) is 0 Å². The molecule has 3 nitrogen and oxygen atoms in total. The number of hydrogen-bond donors (Lipinski definition) is 0. The summed E-state index contributed by atoms with van der Waals surface area (Å²) >= 11 is 0. The molecule has 0 amide bonds. The maximum Gasteiger partial charge on any atom is 0.164 e. The van der Waals surface area contributed by atoms with Crippen molar-refractivity contribution >= 4 is 0 Å². The van der Waals surface area contributed by atoms with Crippen molar-refractivity contribution in [2.24, 2.45) is 0 Å². The Balaban J connectivity index is 1.33. The minimum atomic E-state index is 0.644. The van der Waals surface area contributed by atoms with E-state index in [-0.39, 0.29) is 0 Å². The molecule has 6 aromatic carbocycles. The summed E-state index contributed by atoms with van der Waals surface area (Å²) in [5.74, 6) is 1.94. The van der Waals surface area contributed by atoms with Crippen molar-refractivity contribution in [3.05, 3.63) is 164 Å². The summed E-state index contributed by atoms with van der Waals surface area (Å²) in [6, 6.07) is 56.4. The van der Waals surface area contributed by atoms with E-state index in [2.05, 4.69) is 121 Å². The molecular weight excluding hydrogens is 510 g/mol.